The molecule has 0 unspecified atom stereocenters. The number of hydrogen-bond donors (Lipinski definition) is 0. The first kappa shape index (κ1) is 21.7. The lowest BCUT2D eigenvalue weighted by atomic mass is 9.97. The van der Waals surface area contributed by atoms with Crippen molar-refractivity contribution in [2.45, 2.75) is 38.9 Å². The van der Waals surface area contributed by atoms with E-state index < -0.39 is 8.32 Å². The van der Waals surface area contributed by atoms with Gasteiger partial charge in [0, 0.05) is 29.3 Å². The predicted octanol–water partition coefficient (Wildman–Crippen LogP) is 4.64. The molecule has 0 amide bonds. The molecule has 122 valence electrons. The summed E-state index contributed by atoms with van der Waals surface area (Å²) < 4.78 is 6.32. The first-order valence-electron chi connectivity index (χ1n) is 6.81. The van der Waals surface area contributed by atoms with Crippen LogP contribution in [-0.2, 0) is 4.43 Å². The Balaban J connectivity index is 5.15. The van der Waals surface area contributed by atoms with Crippen molar-refractivity contribution < 1.29 is 4.43 Å². The molecule has 0 aliphatic carbocycles. The third-order valence-corrected chi connectivity index (χ3v) is 11.0. The van der Waals surface area contributed by atoms with E-state index in [1.54, 1.807) is 0 Å². The van der Waals surface area contributed by atoms with E-state index in [0.717, 1.165) is 0 Å². The zero-order valence-electron chi connectivity index (χ0n) is 13.8. The average Bonchev–Trinajstić information content (AvgIpc) is 2.44. The Morgan fingerprint density at radius 2 is 1.23 bits per heavy atom. The molecule has 0 saturated heterocycles. The highest BCUT2D eigenvalue weighted by atomic mass is 32.2. The van der Waals surface area contributed by atoms with Crippen LogP contribution in [0.4, 0.5) is 0 Å². The Morgan fingerprint density at radius 1 is 0.864 bits per heavy atom. The fourth-order valence-electron chi connectivity index (χ4n) is 1.36. The van der Waals surface area contributed by atoms with Gasteiger partial charge >= 0.3 is 0 Å². The first-order valence-corrected chi connectivity index (χ1v) is 12.7. The van der Waals surface area contributed by atoms with Gasteiger partial charge in [0.2, 0.25) is 0 Å². The number of hydrogen-bond acceptors (Lipinski definition) is 7. The van der Waals surface area contributed by atoms with Gasteiger partial charge in [0.25, 0.3) is 0 Å². The molecule has 0 radical (unpaired) electrons. The maximum Gasteiger partial charge on any atom is 0.192 e. The normalized spacial score (nSPS) is 12.3. The molecule has 0 bridgehead atoms. The van der Waals surface area contributed by atoms with Gasteiger partial charge in [0.15, 0.2) is 8.32 Å². The Bertz CT molecular complexity index is 426. The summed E-state index contributed by atoms with van der Waals surface area (Å²) in [4.78, 5) is 0. The molecule has 0 heterocycles. The fourth-order valence-corrected chi connectivity index (χ4v) is 4.82. The van der Waals surface area contributed by atoms with Crippen LogP contribution in [0.1, 0.15) is 20.8 Å². The number of thiocyanates is 3. The maximum atomic E-state index is 8.87. The second-order valence-electron chi connectivity index (χ2n) is 6.69. The monoisotopic (exact) mass is 373 g/mol. The van der Waals surface area contributed by atoms with Gasteiger partial charge in [-0.25, -0.2) is 0 Å². The Hall–Kier alpha value is -0.303. The third kappa shape index (κ3) is 7.31. The minimum Gasteiger partial charge on any atom is -0.416 e. The molecule has 0 aromatic heterocycles. The van der Waals surface area contributed by atoms with Gasteiger partial charge in [-0.1, -0.05) is 20.8 Å². The molecular weight excluding hydrogens is 350 g/mol. The molecule has 0 rings (SSSR count). The number of nitrogens with zero attached hydrogens (tertiary/aromatic N) is 3. The molecule has 0 aromatic rings. The fraction of sp³-hybridized carbons (Fsp3) is 0.786. The highest BCUT2D eigenvalue weighted by Gasteiger charge is 2.40. The molecule has 0 spiro atoms. The van der Waals surface area contributed by atoms with Crippen molar-refractivity contribution in [2.75, 3.05) is 23.9 Å². The van der Waals surface area contributed by atoms with E-state index in [2.05, 4.69) is 50.1 Å². The van der Waals surface area contributed by atoms with Crippen LogP contribution in [0.2, 0.25) is 18.1 Å². The summed E-state index contributed by atoms with van der Waals surface area (Å²) >= 11 is 3.51. The van der Waals surface area contributed by atoms with Gasteiger partial charge in [-0.3, -0.25) is 0 Å². The van der Waals surface area contributed by atoms with Crippen molar-refractivity contribution in [1.82, 2.24) is 0 Å². The summed E-state index contributed by atoms with van der Waals surface area (Å²) in [5.74, 6) is 1.71. The van der Waals surface area contributed by atoms with Crippen molar-refractivity contribution in [2.24, 2.45) is 5.41 Å². The molecule has 0 atom stereocenters. The van der Waals surface area contributed by atoms with E-state index >= 15 is 0 Å². The second kappa shape index (κ2) is 9.75. The summed E-state index contributed by atoms with van der Waals surface area (Å²) in [6.07, 6.45) is 0. The number of nitriles is 3. The molecule has 8 heteroatoms. The molecule has 0 aliphatic heterocycles. The van der Waals surface area contributed by atoms with Crippen LogP contribution in [0.25, 0.3) is 0 Å². The topological polar surface area (TPSA) is 80.6 Å². The summed E-state index contributed by atoms with van der Waals surface area (Å²) in [7, 11) is -1.91. The lowest BCUT2D eigenvalue weighted by molar-refractivity contribution is 0.192. The van der Waals surface area contributed by atoms with E-state index in [0.29, 0.717) is 23.9 Å². The number of rotatable bonds is 9. The molecule has 0 fully saturated rings. The minimum absolute atomic E-state index is 0.103. The van der Waals surface area contributed by atoms with Crippen LogP contribution in [-0.4, -0.2) is 32.2 Å². The molecule has 22 heavy (non-hydrogen) atoms. The largest absolute Gasteiger partial charge is 0.416 e. The summed E-state index contributed by atoms with van der Waals surface area (Å²) in [6, 6.07) is 0. The summed E-state index contributed by atoms with van der Waals surface area (Å²) in [6.45, 7) is 11.4. The van der Waals surface area contributed by atoms with Crippen molar-refractivity contribution in [3.63, 3.8) is 0 Å². The maximum absolute atomic E-state index is 8.87. The van der Waals surface area contributed by atoms with Gasteiger partial charge < -0.3 is 4.43 Å². The van der Waals surface area contributed by atoms with Gasteiger partial charge in [0.05, 0.1) is 0 Å². The number of thioether (sulfide) groups is 3. The lowest BCUT2D eigenvalue weighted by Crippen LogP contribution is -2.46. The van der Waals surface area contributed by atoms with E-state index in [4.69, 9.17) is 20.2 Å². The van der Waals surface area contributed by atoms with Gasteiger partial charge in [-0.15, -0.1) is 0 Å². The van der Waals surface area contributed by atoms with Crippen molar-refractivity contribution in [3.8, 4) is 16.2 Å². The quantitative estimate of drug-likeness (QED) is 0.430. The van der Waals surface area contributed by atoms with Crippen LogP contribution < -0.4 is 0 Å². The minimum atomic E-state index is -1.91. The van der Waals surface area contributed by atoms with Crippen LogP contribution in [0, 0.1) is 37.4 Å². The third-order valence-electron chi connectivity index (χ3n) is 3.87. The Morgan fingerprint density at radius 3 is 1.50 bits per heavy atom. The highest BCUT2D eigenvalue weighted by Crippen LogP contribution is 2.39. The van der Waals surface area contributed by atoms with Gasteiger partial charge in [-0.05, 0) is 53.4 Å². The van der Waals surface area contributed by atoms with Crippen molar-refractivity contribution >= 4 is 43.6 Å². The predicted molar refractivity (Wildman–Crippen MR) is 99.8 cm³/mol. The van der Waals surface area contributed by atoms with E-state index in [1.165, 1.54) is 35.3 Å². The smallest absolute Gasteiger partial charge is 0.192 e. The molecular formula is C14H23N3OS3Si. The molecule has 4 nitrogen and oxygen atoms in total. The second-order valence-corrected chi connectivity index (χ2v) is 13.8. The summed E-state index contributed by atoms with van der Waals surface area (Å²) in [5.41, 5.74) is -0.337. The Labute approximate surface area is 148 Å². The zero-order valence-corrected chi connectivity index (χ0v) is 17.3. The van der Waals surface area contributed by atoms with Gasteiger partial charge in [-0.2, -0.15) is 15.8 Å². The summed E-state index contributed by atoms with van der Waals surface area (Å²) in [5, 5.41) is 33.0. The SMILES string of the molecule is CC(C)(C)[Si](C)(C)OCC(CSC#N)(CSC#N)CSC#N. The van der Waals surface area contributed by atoms with E-state index in [9.17, 15) is 0 Å². The zero-order chi connectivity index (χ0) is 17.3. The van der Waals surface area contributed by atoms with Crippen molar-refractivity contribution in [1.29, 1.82) is 15.8 Å². The van der Waals surface area contributed by atoms with Gasteiger partial charge in [0.1, 0.15) is 16.2 Å². The molecule has 0 N–H and O–H groups in total. The highest BCUT2D eigenvalue weighted by molar-refractivity contribution is 8.05. The van der Waals surface area contributed by atoms with Crippen LogP contribution >= 0.6 is 35.3 Å². The van der Waals surface area contributed by atoms with Crippen LogP contribution in [0.3, 0.4) is 0 Å². The Kier molecular flexibility index (Phi) is 9.62. The van der Waals surface area contributed by atoms with E-state index in [1.807, 2.05) is 0 Å². The molecule has 0 aromatic carbocycles. The van der Waals surface area contributed by atoms with Crippen molar-refractivity contribution in [3.05, 3.63) is 0 Å². The molecule has 0 aliphatic rings. The standard InChI is InChI=1S/C14H23N3OS3Si/c1-13(2,3)22(4,5)18-6-14(7-19-10-15,8-20-11-16)9-21-12-17/h6-9H2,1-5H3. The lowest BCUT2D eigenvalue weighted by Gasteiger charge is -2.40. The van der Waals surface area contributed by atoms with E-state index in [-0.39, 0.29) is 10.5 Å². The van der Waals surface area contributed by atoms with Crippen LogP contribution in [0.5, 0.6) is 0 Å². The first-order chi connectivity index (χ1) is 10.1. The molecule has 0 saturated carbocycles. The van der Waals surface area contributed by atoms with Crippen LogP contribution in [0.15, 0.2) is 0 Å². The average molecular weight is 374 g/mol.